The smallest absolute Gasteiger partial charge is 0.192 e. The third kappa shape index (κ3) is 1.81. The van der Waals surface area contributed by atoms with Crippen LogP contribution in [0.5, 0.6) is 0 Å². The molecule has 0 atom stereocenters. The van der Waals surface area contributed by atoms with Gasteiger partial charge in [-0.1, -0.05) is 25.8 Å². The van der Waals surface area contributed by atoms with Crippen LogP contribution in [0.15, 0.2) is 24.3 Å². The van der Waals surface area contributed by atoms with E-state index in [9.17, 15) is 4.79 Å². The van der Waals surface area contributed by atoms with Gasteiger partial charge in [-0.25, -0.2) is 0 Å². The Morgan fingerprint density at radius 2 is 1.74 bits per heavy atom. The molecule has 100 valence electrons. The average molecular weight is 255 g/mol. The fraction of sp³-hybridized carbons (Fsp3) is 0.471. The molecule has 0 unspecified atom stereocenters. The molecule has 3 rings (SSSR count). The van der Waals surface area contributed by atoms with Crippen molar-refractivity contribution in [2.75, 3.05) is 5.32 Å². The molecule has 1 saturated carbocycles. The number of Topliss-reactive ketones (excluding diaryl/α,β-unsaturated/α-hetero) is 1. The Kier molecular flexibility index (Phi) is 2.77. The number of rotatable bonds is 0. The second-order valence-electron chi connectivity index (χ2n) is 6.06. The molecule has 19 heavy (non-hydrogen) atoms. The number of carbonyl (C=O) groups excluding carboxylic acids is 1. The second-order valence-corrected chi connectivity index (χ2v) is 6.06. The third-order valence-electron chi connectivity index (χ3n) is 4.81. The molecule has 1 N–H and O–H groups in total. The summed E-state index contributed by atoms with van der Waals surface area (Å²) in [5.74, 6) is 0.138. The molecule has 2 nitrogen and oxygen atoms in total. The fourth-order valence-corrected chi connectivity index (χ4v) is 3.40. The Labute approximate surface area is 114 Å². The molecule has 1 aliphatic heterocycles. The molecule has 1 fully saturated rings. The summed E-state index contributed by atoms with van der Waals surface area (Å²) in [6, 6.07) is 4.12. The van der Waals surface area contributed by atoms with E-state index in [0.717, 1.165) is 29.7 Å². The van der Waals surface area contributed by atoms with Crippen LogP contribution in [0.3, 0.4) is 0 Å². The maximum atomic E-state index is 12.6. The van der Waals surface area contributed by atoms with Gasteiger partial charge in [0.15, 0.2) is 5.78 Å². The molecule has 2 heteroatoms. The van der Waals surface area contributed by atoms with Crippen LogP contribution in [-0.2, 0) is 0 Å². The molecule has 0 aromatic heterocycles. The molecule has 0 radical (unpaired) electrons. The molecule has 1 spiro atoms. The van der Waals surface area contributed by atoms with Gasteiger partial charge in [0.2, 0.25) is 0 Å². The Balaban J connectivity index is 2.10. The maximum Gasteiger partial charge on any atom is 0.192 e. The van der Waals surface area contributed by atoms with Gasteiger partial charge in [-0.05, 0) is 49.9 Å². The van der Waals surface area contributed by atoms with E-state index in [1.54, 1.807) is 0 Å². The molecule has 0 amide bonds. The van der Waals surface area contributed by atoms with Crippen LogP contribution in [0.25, 0.3) is 0 Å². The molecule has 2 aliphatic rings. The topological polar surface area (TPSA) is 29.1 Å². The van der Waals surface area contributed by atoms with Gasteiger partial charge in [0, 0.05) is 16.8 Å². The van der Waals surface area contributed by atoms with Gasteiger partial charge >= 0.3 is 0 Å². The van der Waals surface area contributed by atoms with E-state index in [-0.39, 0.29) is 11.3 Å². The van der Waals surface area contributed by atoms with Gasteiger partial charge < -0.3 is 5.32 Å². The Bertz CT molecular complexity index is 565. The zero-order valence-electron chi connectivity index (χ0n) is 11.8. The Morgan fingerprint density at radius 1 is 1.11 bits per heavy atom. The van der Waals surface area contributed by atoms with Crippen molar-refractivity contribution < 1.29 is 4.79 Å². The molecular weight excluding hydrogens is 234 g/mol. The number of fused-ring (bicyclic) bond motifs is 1. The fourth-order valence-electron chi connectivity index (χ4n) is 3.40. The van der Waals surface area contributed by atoms with Crippen LogP contribution in [0.2, 0.25) is 0 Å². The second kappa shape index (κ2) is 4.22. The zero-order chi connectivity index (χ0) is 13.6. The van der Waals surface area contributed by atoms with Crippen LogP contribution in [0.4, 0.5) is 5.69 Å². The maximum absolute atomic E-state index is 12.6. The summed E-state index contributed by atoms with van der Waals surface area (Å²) < 4.78 is 0. The standard InChI is InChI=1S/C17H21NO/c1-11-9-14-15(10-12(11)2)18-17(13(3)16(14)19)7-5-4-6-8-17/h9-10,18H,3-8H2,1-2H3. The molecule has 1 heterocycles. The summed E-state index contributed by atoms with van der Waals surface area (Å²) in [5, 5.41) is 3.64. The van der Waals surface area contributed by atoms with E-state index in [4.69, 9.17) is 0 Å². The summed E-state index contributed by atoms with van der Waals surface area (Å²) >= 11 is 0. The Hall–Kier alpha value is -1.57. The highest BCUT2D eigenvalue weighted by Gasteiger charge is 2.42. The van der Waals surface area contributed by atoms with Crippen LogP contribution in [-0.4, -0.2) is 11.3 Å². The van der Waals surface area contributed by atoms with Gasteiger partial charge in [-0.2, -0.15) is 0 Å². The van der Waals surface area contributed by atoms with E-state index >= 15 is 0 Å². The largest absolute Gasteiger partial charge is 0.375 e. The van der Waals surface area contributed by atoms with Crippen molar-refractivity contribution in [2.24, 2.45) is 0 Å². The van der Waals surface area contributed by atoms with E-state index in [1.165, 1.54) is 30.4 Å². The van der Waals surface area contributed by atoms with Crippen LogP contribution >= 0.6 is 0 Å². The quantitative estimate of drug-likeness (QED) is 0.705. The predicted molar refractivity (Wildman–Crippen MR) is 78.8 cm³/mol. The molecule has 1 aromatic rings. The number of ketones is 1. The molecule has 0 saturated heterocycles. The number of hydrogen-bond donors (Lipinski definition) is 1. The predicted octanol–water partition coefficient (Wildman–Crippen LogP) is 4.17. The van der Waals surface area contributed by atoms with Crippen molar-refractivity contribution in [3.8, 4) is 0 Å². The minimum absolute atomic E-state index is 0.138. The van der Waals surface area contributed by atoms with Crippen molar-refractivity contribution in [2.45, 2.75) is 51.5 Å². The molecule has 0 bridgehead atoms. The van der Waals surface area contributed by atoms with Crippen LogP contribution in [0, 0.1) is 13.8 Å². The van der Waals surface area contributed by atoms with Gasteiger partial charge in [0.25, 0.3) is 0 Å². The average Bonchev–Trinajstić information content (AvgIpc) is 2.40. The zero-order valence-corrected chi connectivity index (χ0v) is 11.8. The lowest BCUT2D eigenvalue weighted by atomic mass is 9.71. The first-order valence-corrected chi connectivity index (χ1v) is 7.17. The van der Waals surface area contributed by atoms with E-state index < -0.39 is 0 Å². The summed E-state index contributed by atoms with van der Waals surface area (Å²) in [6.07, 6.45) is 5.69. The normalized spacial score (nSPS) is 21.2. The lowest BCUT2D eigenvalue weighted by molar-refractivity contribution is 0.101. The van der Waals surface area contributed by atoms with Crippen LogP contribution < -0.4 is 5.32 Å². The highest BCUT2D eigenvalue weighted by atomic mass is 16.1. The molecule has 1 aromatic carbocycles. The van der Waals surface area contributed by atoms with E-state index in [2.05, 4.69) is 31.8 Å². The van der Waals surface area contributed by atoms with Crippen molar-refractivity contribution >= 4 is 11.5 Å². The van der Waals surface area contributed by atoms with Crippen molar-refractivity contribution in [1.82, 2.24) is 0 Å². The Morgan fingerprint density at radius 3 is 2.42 bits per heavy atom. The number of carbonyl (C=O) groups is 1. The number of hydrogen-bond acceptors (Lipinski definition) is 2. The summed E-state index contributed by atoms with van der Waals surface area (Å²) in [7, 11) is 0. The van der Waals surface area contributed by atoms with Gasteiger partial charge in [0.1, 0.15) is 0 Å². The minimum atomic E-state index is -0.177. The summed E-state index contributed by atoms with van der Waals surface area (Å²) in [5.41, 5.74) is 4.79. The van der Waals surface area contributed by atoms with Crippen molar-refractivity contribution in [1.29, 1.82) is 0 Å². The lowest BCUT2D eigenvalue weighted by Crippen LogP contribution is -2.47. The number of nitrogens with one attached hydrogen (secondary N) is 1. The lowest BCUT2D eigenvalue weighted by Gasteiger charge is -2.43. The first-order chi connectivity index (χ1) is 9.03. The third-order valence-corrected chi connectivity index (χ3v) is 4.81. The molecular formula is C17H21NO. The monoisotopic (exact) mass is 255 g/mol. The highest BCUT2D eigenvalue weighted by molar-refractivity contribution is 6.15. The SMILES string of the molecule is C=C1C(=O)c2cc(C)c(C)cc2NC12CCCCC2. The van der Waals surface area contributed by atoms with E-state index in [0.29, 0.717) is 0 Å². The first-order valence-electron chi connectivity index (χ1n) is 7.17. The highest BCUT2D eigenvalue weighted by Crippen LogP contribution is 2.43. The van der Waals surface area contributed by atoms with Crippen molar-refractivity contribution in [3.63, 3.8) is 0 Å². The summed E-state index contributed by atoms with van der Waals surface area (Å²) in [6.45, 7) is 8.26. The van der Waals surface area contributed by atoms with Crippen LogP contribution in [0.1, 0.15) is 53.6 Å². The van der Waals surface area contributed by atoms with Gasteiger partial charge in [-0.15, -0.1) is 0 Å². The first kappa shape index (κ1) is 12.5. The summed E-state index contributed by atoms with van der Waals surface area (Å²) in [4.78, 5) is 12.6. The van der Waals surface area contributed by atoms with Gasteiger partial charge in [0.05, 0.1) is 5.54 Å². The van der Waals surface area contributed by atoms with E-state index in [1.807, 2.05) is 6.07 Å². The van der Waals surface area contributed by atoms with Crippen molar-refractivity contribution in [3.05, 3.63) is 41.0 Å². The van der Waals surface area contributed by atoms with Gasteiger partial charge in [-0.3, -0.25) is 4.79 Å². The minimum Gasteiger partial charge on any atom is -0.375 e. The number of aryl methyl sites for hydroxylation is 2. The number of benzene rings is 1. The molecule has 1 aliphatic carbocycles. The number of anilines is 1.